The van der Waals surface area contributed by atoms with Crippen LogP contribution < -0.4 is 10.6 Å². The third kappa shape index (κ3) is 4.63. The first-order valence-corrected chi connectivity index (χ1v) is 8.52. The number of anilines is 3. The summed E-state index contributed by atoms with van der Waals surface area (Å²) in [6, 6.07) is 13.3. The molecule has 0 spiro atoms. The van der Waals surface area contributed by atoms with Crippen molar-refractivity contribution in [1.29, 1.82) is 0 Å². The monoisotopic (exact) mass is 399 g/mol. The molecule has 0 unspecified atom stereocenters. The fraction of sp³-hybridized carbons (Fsp3) is 0.0500. The van der Waals surface area contributed by atoms with Crippen LogP contribution in [-0.4, -0.2) is 24.0 Å². The lowest BCUT2D eigenvalue weighted by molar-refractivity contribution is 0.0600. The van der Waals surface area contributed by atoms with Crippen molar-refractivity contribution in [2.24, 2.45) is 0 Å². The molecule has 0 saturated carbocycles. The average molecular weight is 400 g/mol. The molecule has 2 N–H and O–H groups in total. The molecule has 0 aliphatic rings. The molecule has 0 fully saturated rings. The van der Waals surface area contributed by atoms with E-state index in [1.54, 1.807) is 30.3 Å². The van der Waals surface area contributed by atoms with Gasteiger partial charge in [0.2, 0.25) is 0 Å². The quantitative estimate of drug-likeness (QED) is 0.610. The predicted molar refractivity (Wildman–Crippen MR) is 105 cm³/mol. The number of rotatable bonds is 5. The highest BCUT2D eigenvalue weighted by Gasteiger charge is 2.10. The summed E-state index contributed by atoms with van der Waals surface area (Å²) in [5.41, 5.74) is 1.46. The second-order valence-electron chi connectivity index (χ2n) is 5.71. The summed E-state index contributed by atoms with van der Waals surface area (Å²) >= 11 is 6.14. The largest absolute Gasteiger partial charge is 0.465 e. The Morgan fingerprint density at radius 1 is 1.07 bits per heavy atom. The van der Waals surface area contributed by atoms with E-state index < -0.39 is 17.7 Å². The second kappa shape index (κ2) is 8.49. The van der Waals surface area contributed by atoms with E-state index in [1.165, 1.54) is 31.5 Å². The van der Waals surface area contributed by atoms with Gasteiger partial charge in [0.05, 0.1) is 35.3 Å². The molecule has 3 rings (SSSR count). The maximum Gasteiger partial charge on any atom is 0.337 e. The van der Waals surface area contributed by atoms with Gasteiger partial charge in [-0.1, -0.05) is 17.7 Å². The summed E-state index contributed by atoms with van der Waals surface area (Å²) in [6.07, 6.45) is 1.44. The highest BCUT2D eigenvalue weighted by Crippen LogP contribution is 2.26. The van der Waals surface area contributed by atoms with Crippen LogP contribution >= 0.6 is 11.6 Å². The van der Waals surface area contributed by atoms with Gasteiger partial charge < -0.3 is 15.4 Å². The van der Waals surface area contributed by atoms with Crippen LogP contribution in [0.15, 0.2) is 60.8 Å². The second-order valence-corrected chi connectivity index (χ2v) is 6.11. The van der Waals surface area contributed by atoms with Crippen molar-refractivity contribution < 1.29 is 18.7 Å². The van der Waals surface area contributed by atoms with Crippen LogP contribution in [0.25, 0.3) is 0 Å². The fourth-order valence-electron chi connectivity index (χ4n) is 2.38. The van der Waals surface area contributed by atoms with Crippen LogP contribution in [0.4, 0.5) is 21.6 Å². The van der Waals surface area contributed by atoms with Gasteiger partial charge >= 0.3 is 5.97 Å². The van der Waals surface area contributed by atoms with Crippen molar-refractivity contribution in [3.05, 3.63) is 82.8 Å². The Kier molecular flexibility index (Phi) is 5.86. The number of aromatic nitrogens is 1. The Bertz CT molecular complexity index is 1030. The minimum Gasteiger partial charge on any atom is -0.465 e. The number of esters is 1. The molecule has 1 aromatic heterocycles. The highest BCUT2D eigenvalue weighted by atomic mass is 35.5. The number of nitrogens with zero attached hydrogens (tertiary/aromatic N) is 1. The number of pyridine rings is 1. The van der Waals surface area contributed by atoms with E-state index in [1.807, 2.05) is 0 Å². The smallest absolute Gasteiger partial charge is 0.337 e. The van der Waals surface area contributed by atoms with Gasteiger partial charge in [0.25, 0.3) is 5.91 Å². The molecule has 0 saturated heterocycles. The lowest BCUT2D eigenvalue weighted by atomic mass is 10.2. The zero-order valence-corrected chi connectivity index (χ0v) is 15.5. The first-order valence-electron chi connectivity index (χ1n) is 8.14. The van der Waals surface area contributed by atoms with Crippen molar-refractivity contribution in [3.8, 4) is 0 Å². The molecule has 0 bridgehead atoms. The Hall–Kier alpha value is -3.45. The summed E-state index contributed by atoms with van der Waals surface area (Å²) in [5.74, 6) is -0.969. The Morgan fingerprint density at radius 2 is 1.89 bits per heavy atom. The van der Waals surface area contributed by atoms with Crippen molar-refractivity contribution >= 4 is 40.7 Å². The van der Waals surface area contributed by atoms with Crippen LogP contribution in [0.3, 0.4) is 0 Å². The number of ether oxygens (including phenoxy) is 1. The van der Waals surface area contributed by atoms with Crippen molar-refractivity contribution in [2.75, 3.05) is 17.7 Å². The number of benzene rings is 2. The van der Waals surface area contributed by atoms with E-state index in [9.17, 15) is 14.0 Å². The molecule has 3 aromatic rings. The van der Waals surface area contributed by atoms with Crippen LogP contribution in [0.2, 0.25) is 5.02 Å². The number of carbonyl (C=O) groups excluding carboxylic acids is 2. The van der Waals surface area contributed by atoms with Crippen LogP contribution in [0, 0.1) is 5.82 Å². The number of halogens is 2. The van der Waals surface area contributed by atoms with Gasteiger partial charge in [0.15, 0.2) is 0 Å². The maximum atomic E-state index is 13.2. The van der Waals surface area contributed by atoms with Gasteiger partial charge in [-0.2, -0.15) is 0 Å². The Morgan fingerprint density at radius 3 is 2.57 bits per heavy atom. The number of hydrogen-bond donors (Lipinski definition) is 2. The van der Waals surface area contributed by atoms with E-state index in [4.69, 9.17) is 11.6 Å². The first-order chi connectivity index (χ1) is 13.5. The normalized spacial score (nSPS) is 10.2. The summed E-state index contributed by atoms with van der Waals surface area (Å²) in [7, 11) is 1.29. The molecular formula is C20H15ClFN3O3. The minimum atomic E-state index is -0.489. The molecular weight excluding hydrogens is 385 g/mol. The van der Waals surface area contributed by atoms with Gasteiger partial charge in [0.1, 0.15) is 11.6 Å². The lowest BCUT2D eigenvalue weighted by Crippen LogP contribution is -2.12. The standard InChI is InChI=1S/C20H15ClFN3O3/c1-28-20(27)13-5-7-16(21)17(10-13)25-18-8-6-15(11-23-18)24-19(26)12-3-2-4-14(22)9-12/h2-11H,1H3,(H,23,25)(H,24,26). The Labute approximate surface area is 165 Å². The number of methoxy groups -OCH3 is 1. The number of hydrogen-bond acceptors (Lipinski definition) is 5. The van der Waals surface area contributed by atoms with Crippen LogP contribution in [-0.2, 0) is 4.74 Å². The minimum absolute atomic E-state index is 0.202. The summed E-state index contributed by atoms with van der Waals surface area (Å²) in [6.45, 7) is 0. The summed E-state index contributed by atoms with van der Waals surface area (Å²) in [5, 5.41) is 6.04. The molecule has 6 nitrogen and oxygen atoms in total. The summed E-state index contributed by atoms with van der Waals surface area (Å²) in [4.78, 5) is 28.0. The molecule has 1 amide bonds. The Balaban J connectivity index is 1.71. The van der Waals surface area contributed by atoms with E-state index in [0.717, 1.165) is 6.07 Å². The molecule has 0 aliphatic carbocycles. The average Bonchev–Trinajstić information content (AvgIpc) is 2.70. The zero-order valence-electron chi connectivity index (χ0n) is 14.7. The predicted octanol–water partition coefficient (Wildman–Crippen LogP) is 4.66. The van der Waals surface area contributed by atoms with Crippen LogP contribution in [0.5, 0.6) is 0 Å². The van der Waals surface area contributed by atoms with E-state index >= 15 is 0 Å². The van der Waals surface area contributed by atoms with Gasteiger partial charge in [0, 0.05) is 5.56 Å². The van der Waals surface area contributed by atoms with Gasteiger partial charge in [-0.05, 0) is 48.5 Å². The molecule has 1 heterocycles. The van der Waals surface area contributed by atoms with Gasteiger partial charge in [-0.15, -0.1) is 0 Å². The maximum absolute atomic E-state index is 13.2. The van der Waals surface area contributed by atoms with Gasteiger partial charge in [-0.3, -0.25) is 4.79 Å². The third-order valence-corrected chi connectivity index (χ3v) is 4.09. The number of amides is 1. The molecule has 0 atom stereocenters. The van der Waals surface area contributed by atoms with E-state index in [0.29, 0.717) is 27.8 Å². The third-order valence-electron chi connectivity index (χ3n) is 3.76. The van der Waals surface area contributed by atoms with E-state index in [-0.39, 0.29) is 5.56 Å². The fourth-order valence-corrected chi connectivity index (χ4v) is 2.54. The molecule has 8 heteroatoms. The SMILES string of the molecule is COC(=O)c1ccc(Cl)c(Nc2ccc(NC(=O)c3cccc(F)c3)cn2)c1. The lowest BCUT2D eigenvalue weighted by Gasteiger charge is -2.10. The van der Waals surface area contributed by atoms with Gasteiger partial charge in [-0.25, -0.2) is 14.2 Å². The summed E-state index contributed by atoms with van der Waals surface area (Å²) < 4.78 is 17.9. The van der Waals surface area contributed by atoms with E-state index in [2.05, 4.69) is 20.4 Å². The van der Waals surface area contributed by atoms with Crippen molar-refractivity contribution in [3.63, 3.8) is 0 Å². The first kappa shape index (κ1) is 19.3. The van der Waals surface area contributed by atoms with Crippen molar-refractivity contribution in [2.45, 2.75) is 0 Å². The molecule has 2 aromatic carbocycles. The molecule has 28 heavy (non-hydrogen) atoms. The molecule has 0 radical (unpaired) electrons. The number of nitrogens with one attached hydrogen (secondary N) is 2. The zero-order chi connectivity index (χ0) is 20.1. The highest BCUT2D eigenvalue weighted by molar-refractivity contribution is 6.33. The topological polar surface area (TPSA) is 80.3 Å². The molecule has 0 aliphatic heterocycles. The van der Waals surface area contributed by atoms with Crippen LogP contribution in [0.1, 0.15) is 20.7 Å². The number of carbonyl (C=O) groups is 2. The molecule has 142 valence electrons. The van der Waals surface area contributed by atoms with Crippen molar-refractivity contribution in [1.82, 2.24) is 4.98 Å².